The molecule has 1 heterocycles. The maximum Gasteiger partial charge on any atom is 0.126 e. The molecule has 1 fully saturated rings. The zero-order chi connectivity index (χ0) is 12.1. The second-order valence-corrected chi connectivity index (χ2v) is 4.33. The third-order valence-corrected chi connectivity index (χ3v) is 3.13. The number of halogens is 1. The third kappa shape index (κ3) is 3.41. The quantitative estimate of drug-likeness (QED) is 0.853. The lowest BCUT2D eigenvalue weighted by molar-refractivity contribution is 0.102. The molecule has 0 amide bonds. The van der Waals surface area contributed by atoms with E-state index in [2.05, 4.69) is 0 Å². The Hall–Kier alpha value is -1.13. The lowest BCUT2D eigenvalue weighted by Crippen LogP contribution is -2.25. The molecule has 94 valence electrons. The summed E-state index contributed by atoms with van der Waals surface area (Å²) in [5.74, 6) is 0.587. The summed E-state index contributed by atoms with van der Waals surface area (Å²) in [6.45, 7) is 1.90. The van der Waals surface area contributed by atoms with Gasteiger partial charge in [0.15, 0.2) is 0 Å². The monoisotopic (exact) mass is 240 g/mol. The molecule has 1 aliphatic heterocycles. The van der Waals surface area contributed by atoms with Gasteiger partial charge in [-0.3, -0.25) is 0 Å². The smallest absolute Gasteiger partial charge is 0.126 e. The van der Waals surface area contributed by atoms with E-state index in [1.54, 1.807) is 12.1 Å². The van der Waals surface area contributed by atoms with E-state index in [4.69, 9.17) is 9.47 Å². The van der Waals surface area contributed by atoms with Gasteiger partial charge in [-0.15, -0.1) is 0 Å². The van der Waals surface area contributed by atoms with Crippen molar-refractivity contribution in [1.82, 2.24) is 0 Å². The van der Waals surface area contributed by atoms with Gasteiger partial charge in [-0.25, -0.2) is 4.39 Å². The highest BCUT2D eigenvalue weighted by atomic mass is 19.1. The van der Waals surface area contributed by atoms with Gasteiger partial charge in [-0.05, 0) is 24.5 Å². The zero-order valence-corrected chi connectivity index (χ0v) is 9.64. The predicted octanol–water partition coefficient (Wildman–Crippen LogP) is 1.85. The molecular weight excluding hydrogens is 223 g/mol. The molecule has 1 aromatic rings. The maximum absolute atomic E-state index is 12.9. The first kappa shape index (κ1) is 12.3. The van der Waals surface area contributed by atoms with Crippen molar-refractivity contribution in [2.45, 2.75) is 6.42 Å². The fourth-order valence-corrected chi connectivity index (χ4v) is 2.02. The Labute approximate surface area is 100 Å². The lowest BCUT2D eigenvalue weighted by Gasteiger charge is -2.20. The Morgan fingerprint density at radius 1 is 1.53 bits per heavy atom. The fourth-order valence-electron chi connectivity index (χ4n) is 2.02. The topological polar surface area (TPSA) is 38.7 Å². The molecule has 0 aromatic heterocycles. The molecule has 17 heavy (non-hydrogen) atoms. The molecule has 0 aliphatic carbocycles. The summed E-state index contributed by atoms with van der Waals surface area (Å²) in [5, 5.41) is 9.31. The minimum atomic E-state index is -0.313. The van der Waals surface area contributed by atoms with E-state index in [0.717, 1.165) is 13.0 Å². The second-order valence-electron chi connectivity index (χ2n) is 4.33. The van der Waals surface area contributed by atoms with Crippen LogP contribution in [0.15, 0.2) is 24.3 Å². The summed E-state index contributed by atoms with van der Waals surface area (Å²) in [4.78, 5) is 0. The third-order valence-electron chi connectivity index (χ3n) is 3.13. The van der Waals surface area contributed by atoms with Crippen LogP contribution in [0.1, 0.15) is 6.42 Å². The Bertz CT molecular complexity index is 350. The molecule has 1 saturated heterocycles. The number of ether oxygens (including phenoxy) is 2. The molecular formula is C13H17FO3. The molecule has 0 saturated carbocycles. The minimum Gasteiger partial charge on any atom is -0.493 e. The van der Waals surface area contributed by atoms with Crippen LogP contribution in [0.2, 0.25) is 0 Å². The van der Waals surface area contributed by atoms with Gasteiger partial charge in [0.1, 0.15) is 11.6 Å². The van der Waals surface area contributed by atoms with E-state index in [-0.39, 0.29) is 18.3 Å². The Morgan fingerprint density at radius 2 is 2.41 bits per heavy atom. The van der Waals surface area contributed by atoms with E-state index in [0.29, 0.717) is 24.9 Å². The molecule has 0 radical (unpaired) electrons. The summed E-state index contributed by atoms with van der Waals surface area (Å²) in [6.07, 6.45) is 0.956. The normalized spacial score (nSPS) is 21.4. The van der Waals surface area contributed by atoms with Crippen LogP contribution in [0.3, 0.4) is 0 Å². The van der Waals surface area contributed by atoms with E-state index in [1.807, 2.05) is 0 Å². The Balaban J connectivity index is 1.87. The van der Waals surface area contributed by atoms with Crippen molar-refractivity contribution in [3.05, 3.63) is 30.1 Å². The molecule has 4 heteroatoms. The average Bonchev–Trinajstić information content (AvgIpc) is 2.84. The fraction of sp³-hybridized carbons (Fsp3) is 0.538. The van der Waals surface area contributed by atoms with Crippen LogP contribution in [0.5, 0.6) is 5.75 Å². The summed E-state index contributed by atoms with van der Waals surface area (Å²) in [6, 6.07) is 6.04. The summed E-state index contributed by atoms with van der Waals surface area (Å²) in [5.41, 5.74) is 0. The minimum absolute atomic E-state index is 0.0563. The standard InChI is InChI=1S/C13H17FO3/c14-12-2-1-3-13(6-12)17-9-11(7-15)10-4-5-16-8-10/h1-3,6,10-11,15H,4-5,7-9H2. The van der Waals surface area contributed by atoms with Crippen molar-refractivity contribution in [3.8, 4) is 5.75 Å². The number of hydrogen-bond donors (Lipinski definition) is 1. The molecule has 1 N–H and O–H groups in total. The number of hydrogen-bond acceptors (Lipinski definition) is 3. The molecule has 0 bridgehead atoms. The van der Waals surface area contributed by atoms with Crippen molar-refractivity contribution < 1.29 is 19.0 Å². The van der Waals surface area contributed by atoms with E-state index in [1.165, 1.54) is 12.1 Å². The molecule has 2 rings (SSSR count). The zero-order valence-electron chi connectivity index (χ0n) is 9.64. The number of aliphatic hydroxyl groups excluding tert-OH is 1. The van der Waals surface area contributed by atoms with Gasteiger partial charge in [0.2, 0.25) is 0 Å². The first-order valence-corrected chi connectivity index (χ1v) is 5.86. The van der Waals surface area contributed by atoms with Crippen LogP contribution in [0, 0.1) is 17.7 Å². The van der Waals surface area contributed by atoms with Crippen molar-refractivity contribution in [2.24, 2.45) is 11.8 Å². The van der Waals surface area contributed by atoms with Crippen molar-refractivity contribution in [1.29, 1.82) is 0 Å². The molecule has 1 aliphatic rings. The second kappa shape index (κ2) is 5.98. The van der Waals surface area contributed by atoms with Crippen molar-refractivity contribution >= 4 is 0 Å². The summed E-state index contributed by atoms with van der Waals surface area (Å²) in [7, 11) is 0. The van der Waals surface area contributed by atoms with Crippen LogP contribution in [-0.2, 0) is 4.74 Å². The summed E-state index contributed by atoms with van der Waals surface area (Å²) >= 11 is 0. The number of rotatable bonds is 5. The highest BCUT2D eigenvalue weighted by molar-refractivity contribution is 5.22. The highest BCUT2D eigenvalue weighted by Gasteiger charge is 2.25. The first-order chi connectivity index (χ1) is 8.29. The Kier molecular flexibility index (Phi) is 4.34. The molecule has 0 spiro atoms. The van der Waals surface area contributed by atoms with Crippen molar-refractivity contribution in [2.75, 3.05) is 26.4 Å². The van der Waals surface area contributed by atoms with Gasteiger partial charge < -0.3 is 14.6 Å². The van der Waals surface area contributed by atoms with Gasteiger partial charge in [0, 0.05) is 31.8 Å². The molecule has 2 unspecified atom stereocenters. The van der Waals surface area contributed by atoms with E-state index in [9.17, 15) is 9.50 Å². The molecule has 2 atom stereocenters. The summed E-state index contributed by atoms with van der Waals surface area (Å²) < 4.78 is 23.7. The highest BCUT2D eigenvalue weighted by Crippen LogP contribution is 2.23. The number of aliphatic hydroxyl groups is 1. The predicted molar refractivity (Wildman–Crippen MR) is 61.4 cm³/mol. The van der Waals surface area contributed by atoms with Crippen molar-refractivity contribution in [3.63, 3.8) is 0 Å². The van der Waals surface area contributed by atoms with Crippen LogP contribution in [0.4, 0.5) is 4.39 Å². The molecule has 1 aromatic carbocycles. The van der Waals surface area contributed by atoms with Gasteiger partial charge >= 0.3 is 0 Å². The molecule has 3 nitrogen and oxygen atoms in total. The van der Waals surface area contributed by atoms with Crippen LogP contribution >= 0.6 is 0 Å². The van der Waals surface area contributed by atoms with E-state index < -0.39 is 0 Å². The Morgan fingerprint density at radius 3 is 3.06 bits per heavy atom. The number of benzene rings is 1. The maximum atomic E-state index is 12.9. The van der Waals surface area contributed by atoms with Crippen LogP contribution < -0.4 is 4.74 Å². The SMILES string of the molecule is OCC(COc1cccc(F)c1)C1CCOC1. The van der Waals surface area contributed by atoms with Crippen LogP contribution in [-0.4, -0.2) is 31.5 Å². The van der Waals surface area contributed by atoms with Crippen LogP contribution in [0.25, 0.3) is 0 Å². The first-order valence-electron chi connectivity index (χ1n) is 5.86. The van der Waals surface area contributed by atoms with E-state index >= 15 is 0 Å². The van der Waals surface area contributed by atoms with Gasteiger partial charge in [-0.2, -0.15) is 0 Å². The largest absolute Gasteiger partial charge is 0.493 e. The van der Waals surface area contributed by atoms with Gasteiger partial charge in [0.05, 0.1) is 6.61 Å². The van der Waals surface area contributed by atoms with Gasteiger partial charge in [0.25, 0.3) is 0 Å². The lowest BCUT2D eigenvalue weighted by atomic mass is 9.93. The average molecular weight is 240 g/mol. The van der Waals surface area contributed by atoms with Gasteiger partial charge in [-0.1, -0.05) is 6.07 Å².